The molecule has 14 heavy (non-hydrogen) atoms. The summed E-state index contributed by atoms with van der Waals surface area (Å²) in [6.45, 7) is 2.33. The van der Waals surface area contributed by atoms with Crippen LogP contribution in [-0.2, 0) is 6.42 Å². The standard InChI is InChI=1S/C12H18N2/c13-12-6-2-1-5-11(12)8-10-4-3-7-14-9-10/h1-2,5-6,10,14H,3-4,7-9,13H2. The molecular formula is C12H18N2. The summed E-state index contributed by atoms with van der Waals surface area (Å²) in [6, 6.07) is 8.20. The number of hydrogen-bond donors (Lipinski definition) is 2. The van der Waals surface area contributed by atoms with Crippen LogP contribution in [0, 0.1) is 5.92 Å². The number of hydrogen-bond acceptors (Lipinski definition) is 2. The molecule has 76 valence electrons. The predicted octanol–water partition coefficient (Wildman–Crippen LogP) is 1.81. The summed E-state index contributed by atoms with van der Waals surface area (Å²) < 4.78 is 0. The summed E-state index contributed by atoms with van der Waals surface area (Å²) in [5.74, 6) is 0.772. The summed E-state index contributed by atoms with van der Waals surface area (Å²) in [4.78, 5) is 0. The molecule has 0 bridgehead atoms. The van der Waals surface area contributed by atoms with Gasteiger partial charge in [0, 0.05) is 5.69 Å². The van der Waals surface area contributed by atoms with E-state index in [1.807, 2.05) is 12.1 Å². The lowest BCUT2D eigenvalue weighted by molar-refractivity contribution is 0.376. The van der Waals surface area contributed by atoms with Crippen LogP contribution in [0.4, 0.5) is 5.69 Å². The number of nitrogens with two attached hydrogens (primary N) is 1. The highest BCUT2D eigenvalue weighted by Crippen LogP contribution is 2.20. The first kappa shape index (κ1) is 9.53. The van der Waals surface area contributed by atoms with Crippen LogP contribution in [0.3, 0.4) is 0 Å². The van der Waals surface area contributed by atoms with Crippen LogP contribution < -0.4 is 11.1 Å². The fraction of sp³-hybridized carbons (Fsp3) is 0.500. The molecule has 2 rings (SSSR count). The number of para-hydroxylation sites is 1. The first-order valence-corrected chi connectivity index (χ1v) is 5.40. The molecule has 1 heterocycles. The topological polar surface area (TPSA) is 38.0 Å². The molecule has 1 fully saturated rings. The molecule has 1 atom stereocenters. The van der Waals surface area contributed by atoms with E-state index in [4.69, 9.17) is 5.73 Å². The van der Waals surface area contributed by atoms with Gasteiger partial charge in [-0.1, -0.05) is 18.2 Å². The summed E-state index contributed by atoms with van der Waals surface area (Å²) in [7, 11) is 0. The van der Waals surface area contributed by atoms with E-state index < -0.39 is 0 Å². The number of piperidine rings is 1. The smallest absolute Gasteiger partial charge is 0.0346 e. The Morgan fingerprint density at radius 3 is 2.93 bits per heavy atom. The Labute approximate surface area is 85.5 Å². The van der Waals surface area contributed by atoms with Gasteiger partial charge in [0.25, 0.3) is 0 Å². The van der Waals surface area contributed by atoms with Crippen LogP contribution in [0.15, 0.2) is 24.3 Å². The Kier molecular flexibility index (Phi) is 3.04. The highest BCUT2D eigenvalue weighted by Gasteiger charge is 2.14. The second-order valence-corrected chi connectivity index (χ2v) is 4.12. The van der Waals surface area contributed by atoms with Gasteiger partial charge in [0.15, 0.2) is 0 Å². The fourth-order valence-electron chi connectivity index (χ4n) is 2.13. The molecule has 0 saturated carbocycles. The van der Waals surface area contributed by atoms with E-state index in [0.29, 0.717) is 0 Å². The van der Waals surface area contributed by atoms with Crippen molar-refractivity contribution >= 4 is 5.69 Å². The maximum absolute atomic E-state index is 5.92. The van der Waals surface area contributed by atoms with Crippen molar-refractivity contribution in [2.24, 2.45) is 5.92 Å². The van der Waals surface area contributed by atoms with Gasteiger partial charge in [0.2, 0.25) is 0 Å². The van der Waals surface area contributed by atoms with Crippen molar-refractivity contribution in [1.29, 1.82) is 0 Å². The zero-order chi connectivity index (χ0) is 9.80. The average Bonchev–Trinajstić information content (AvgIpc) is 2.23. The molecule has 1 saturated heterocycles. The van der Waals surface area contributed by atoms with Gasteiger partial charge < -0.3 is 11.1 Å². The molecule has 0 aliphatic carbocycles. The molecule has 1 aromatic carbocycles. The van der Waals surface area contributed by atoms with Gasteiger partial charge in [-0.15, -0.1) is 0 Å². The molecule has 1 aliphatic heterocycles. The van der Waals surface area contributed by atoms with Crippen molar-refractivity contribution in [3.05, 3.63) is 29.8 Å². The Bertz CT molecular complexity index is 290. The maximum atomic E-state index is 5.92. The molecule has 2 nitrogen and oxygen atoms in total. The molecule has 0 spiro atoms. The Morgan fingerprint density at radius 2 is 2.21 bits per heavy atom. The lowest BCUT2D eigenvalue weighted by Crippen LogP contribution is -2.30. The average molecular weight is 190 g/mol. The molecule has 0 amide bonds. The zero-order valence-corrected chi connectivity index (χ0v) is 8.50. The third kappa shape index (κ3) is 2.26. The Hall–Kier alpha value is -1.02. The van der Waals surface area contributed by atoms with Gasteiger partial charge in [0.1, 0.15) is 0 Å². The maximum Gasteiger partial charge on any atom is 0.0346 e. The molecule has 1 aliphatic rings. The van der Waals surface area contributed by atoms with Crippen molar-refractivity contribution in [2.75, 3.05) is 18.8 Å². The number of nitrogens with one attached hydrogen (secondary N) is 1. The van der Waals surface area contributed by atoms with Gasteiger partial charge in [-0.25, -0.2) is 0 Å². The lowest BCUT2D eigenvalue weighted by Gasteiger charge is -2.23. The van der Waals surface area contributed by atoms with Crippen LogP contribution in [0.1, 0.15) is 18.4 Å². The van der Waals surface area contributed by atoms with Crippen molar-refractivity contribution < 1.29 is 0 Å². The minimum atomic E-state index is 0.772. The van der Waals surface area contributed by atoms with Gasteiger partial charge in [0.05, 0.1) is 0 Å². The first-order valence-electron chi connectivity index (χ1n) is 5.40. The summed E-state index contributed by atoms with van der Waals surface area (Å²) in [5, 5.41) is 3.43. The summed E-state index contributed by atoms with van der Waals surface area (Å²) in [5.41, 5.74) is 8.17. The second-order valence-electron chi connectivity index (χ2n) is 4.12. The molecule has 0 radical (unpaired) electrons. The van der Waals surface area contributed by atoms with Gasteiger partial charge in [-0.3, -0.25) is 0 Å². The SMILES string of the molecule is Nc1ccccc1CC1CCCNC1. The number of benzene rings is 1. The fourth-order valence-corrected chi connectivity index (χ4v) is 2.13. The van der Waals surface area contributed by atoms with Crippen LogP contribution in [0.2, 0.25) is 0 Å². The Balaban J connectivity index is 1.99. The van der Waals surface area contributed by atoms with Crippen LogP contribution in [-0.4, -0.2) is 13.1 Å². The van der Waals surface area contributed by atoms with Crippen molar-refractivity contribution in [2.45, 2.75) is 19.3 Å². The van der Waals surface area contributed by atoms with Crippen molar-refractivity contribution in [3.63, 3.8) is 0 Å². The second kappa shape index (κ2) is 4.47. The normalized spacial score (nSPS) is 22.1. The quantitative estimate of drug-likeness (QED) is 0.698. The third-order valence-electron chi connectivity index (χ3n) is 2.96. The summed E-state index contributed by atoms with van der Waals surface area (Å²) in [6.07, 6.45) is 3.76. The number of nitrogen functional groups attached to an aromatic ring is 1. The summed E-state index contributed by atoms with van der Waals surface area (Å²) >= 11 is 0. The number of anilines is 1. The van der Waals surface area contributed by atoms with E-state index in [0.717, 1.165) is 24.6 Å². The number of rotatable bonds is 2. The molecule has 1 unspecified atom stereocenters. The molecule has 2 heteroatoms. The predicted molar refractivity (Wildman–Crippen MR) is 60.2 cm³/mol. The van der Waals surface area contributed by atoms with Crippen LogP contribution in [0.5, 0.6) is 0 Å². The zero-order valence-electron chi connectivity index (χ0n) is 8.50. The van der Waals surface area contributed by atoms with E-state index >= 15 is 0 Å². The van der Waals surface area contributed by atoms with Gasteiger partial charge in [-0.05, 0) is 49.9 Å². The lowest BCUT2D eigenvalue weighted by atomic mass is 9.92. The minimum Gasteiger partial charge on any atom is -0.399 e. The van der Waals surface area contributed by atoms with E-state index in [9.17, 15) is 0 Å². The Morgan fingerprint density at radius 1 is 1.36 bits per heavy atom. The molecule has 0 aromatic heterocycles. The third-order valence-corrected chi connectivity index (χ3v) is 2.96. The monoisotopic (exact) mass is 190 g/mol. The van der Waals surface area contributed by atoms with Crippen molar-refractivity contribution in [3.8, 4) is 0 Å². The van der Waals surface area contributed by atoms with E-state index in [-0.39, 0.29) is 0 Å². The molecule has 1 aromatic rings. The van der Waals surface area contributed by atoms with Crippen LogP contribution in [0.25, 0.3) is 0 Å². The highest BCUT2D eigenvalue weighted by molar-refractivity contribution is 5.46. The van der Waals surface area contributed by atoms with Crippen molar-refractivity contribution in [1.82, 2.24) is 5.32 Å². The van der Waals surface area contributed by atoms with Gasteiger partial charge >= 0.3 is 0 Å². The van der Waals surface area contributed by atoms with E-state index in [1.165, 1.54) is 24.9 Å². The van der Waals surface area contributed by atoms with Crippen LogP contribution >= 0.6 is 0 Å². The first-order chi connectivity index (χ1) is 6.86. The van der Waals surface area contributed by atoms with E-state index in [2.05, 4.69) is 17.4 Å². The minimum absolute atomic E-state index is 0.772. The molecule has 3 N–H and O–H groups in total. The van der Waals surface area contributed by atoms with E-state index in [1.54, 1.807) is 0 Å². The largest absolute Gasteiger partial charge is 0.399 e. The molecular weight excluding hydrogens is 172 g/mol. The highest BCUT2D eigenvalue weighted by atomic mass is 14.9. The van der Waals surface area contributed by atoms with Gasteiger partial charge in [-0.2, -0.15) is 0 Å².